The van der Waals surface area contributed by atoms with Gasteiger partial charge in [0.25, 0.3) is 5.56 Å². The molecule has 0 fully saturated rings. The molecule has 0 aliphatic carbocycles. The molecule has 0 saturated carbocycles. The van der Waals surface area contributed by atoms with Crippen LogP contribution in [0.15, 0.2) is 53.7 Å². The van der Waals surface area contributed by atoms with Crippen LogP contribution in [0.3, 0.4) is 0 Å². The minimum absolute atomic E-state index is 0.0348. The van der Waals surface area contributed by atoms with Crippen molar-refractivity contribution in [3.05, 3.63) is 81.8 Å². The molecule has 0 aliphatic heterocycles. The number of hydrogen-bond donors (Lipinski definition) is 2. The van der Waals surface area contributed by atoms with E-state index in [9.17, 15) is 14.7 Å². The molecule has 0 saturated heterocycles. The van der Waals surface area contributed by atoms with Crippen molar-refractivity contribution in [2.24, 2.45) is 0 Å². The summed E-state index contributed by atoms with van der Waals surface area (Å²) in [6.45, 7) is 2.20. The van der Waals surface area contributed by atoms with Gasteiger partial charge >= 0.3 is 5.97 Å². The van der Waals surface area contributed by atoms with Gasteiger partial charge in [-0.3, -0.25) is 9.59 Å². The molecule has 1 aromatic carbocycles. The zero-order valence-electron chi connectivity index (χ0n) is 15.9. The van der Waals surface area contributed by atoms with Gasteiger partial charge in [-0.1, -0.05) is 30.3 Å². The lowest BCUT2D eigenvalue weighted by Gasteiger charge is -2.20. The van der Waals surface area contributed by atoms with Crippen LogP contribution in [0, 0.1) is 6.92 Å². The number of rotatable bonds is 7. The zero-order chi connectivity index (χ0) is 20.1. The fourth-order valence-corrected chi connectivity index (χ4v) is 3.35. The van der Waals surface area contributed by atoms with E-state index in [-0.39, 0.29) is 23.3 Å². The van der Waals surface area contributed by atoms with E-state index in [1.807, 2.05) is 30.3 Å². The molecule has 0 amide bonds. The van der Waals surface area contributed by atoms with E-state index in [1.54, 1.807) is 30.1 Å². The molecule has 7 heteroatoms. The number of hydrogen-bond acceptors (Lipinski definition) is 5. The molecule has 0 spiro atoms. The van der Waals surface area contributed by atoms with Gasteiger partial charge in [0.2, 0.25) is 0 Å². The molecule has 2 N–H and O–H groups in total. The van der Waals surface area contributed by atoms with Crippen LogP contribution in [0.2, 0.25) is 0 Å². The van der Waals surface area contributed by atoms with Gasteiger partial charge in [-0.05, 0) is 18.6 Å². The zero-order valence-corrected chi connectivity index (χ0v) is 15.9. The van der Waals surface area contributed by atoms with Crippen LogP contribution in [0.25, 0.3) is 0 Å². The van der Waals surface area contributed by atoms with E-state index in [1.165, 1.54) is 7.11 Å². The lowest BCUT2D eigenvalue weighted by Crippen LogP contribution is -2.29. The monoisotopic (exact) mass is 381 g/mol. The van der Waals surface area contributed by atoms with Crippen LogP contribution >= 0.6 is 0 Å². The van der Waals surface area contributed by atoms with E-state index in [4.69, 9.17) is 4.74 Å². The van der Waals surface area contributed by atoms with Gasteiger partial charge in [0.15, 0.2) is 0 Å². The lowest BCUT2D eigenvalue weighted by molar-refractivity contribution is -0.140. The minimum Gasteiger partial charge on any atom is -0.507 e. The first-order valence-electron chi connectivity index (χ1n) is 9.03. The van der Waals surface area contributed by atoms with E-state index in [2.05, 4.69) is 9.97 Å². The van der Waals surface area contributed by atoms with Gasteiger partial charge in [-0.15, -0.1) is 0 Å². The summed E-state index contributed by atoms with van der Waals surface area (Å²) in [6, 6.07) is 10.8. The number of nitrogens with zero attached hydrogens (tertiary/aromatic N) is 2. The number of nitrogens with one attached hydrogen (secondary N) is 1. The summed E-state index contributed by atoms with van der Waals surface area (Å²) in [5, 5.41) is 10.6. The molecule has 0 bridgehead atoms. The smallest absolute Gasteiger partial charge is 0.306 e. The van der Waals surface area contributed by atoms with Crippen LogP contribution < -0.4 is 5.56 Å². The predicted octanol–water partition coefficient (Wildman–Crippen LogP) is 2.52. The van der Waals surface area contributed by atoms with Crippen LogP contribution in [0.1, 0.15) is 34.9 Å². The minimum atomic E-state index is -0.597. The number of aromatic hydroxyl groups is 1. The number of carbonyl (C=O) groups is 1. The first-order valence-corrected chi connectivity index (χ1v) is 9.03. The van der Waals surface area contributed by atoms with Crippen LogP contribution in [0.5, 0.6) is 5.75 Å². The van der Waals surface area contributed by atoms with Gasteiger partial charge in [-0.25, -0.2) is 4.98 Å². The second kappa shape index (κ2) is 8.56. The molecular weight excluding hydrogens is 358 g/mol. The summed E-state index contributed by atoms with van der Waals surface area (Å²) < 4.78 is 6.43. The summed E-state index contributed by atoms with van der Waals surface area (Å²) in [4.78, 5) is 32.3. The Morgan fingerprint density at radius 3 is 2.71 bits per heavy atom. The number of H-pyrrole nitrogens is 1. The Bertz CT molecular complexity index is 994. The molecule has 28 heavy (non-hydrogen) atoms. The highest BCUT2D eigenvalue weighted by molar-refractivity contribution is 5.71. The standard InChI is InChI=1S/C21H23N3O4/c1-14-10-18(25)20(21(27)24(14)9-8-16-12-22-13-23-16)17(11-19(26)28-2)15-6-4-3-5-7-15/h3-7,10,12-13,17,25H,8-9,11H2,1-2H3,(H,22,23)/t17-/m0/s1. The quantitative estimate of drug-likeness (QED) is 0.613. The van der Waals surface area contributed by atoms with Gasteiger partial charge in [0, 0.05) is 36.5 Å². The second-order valence-corrected chi connectivity index (χ2v) is 6.61. The summed E-state index contributed by atoms with van der Waals surface area (Å²) in [5.41, 5.74) is 2.22. The number of aromatic amines is 1. The highest BCUT2D eigenvalue weighted by Crippen LogP contribution is 2.32. The molecule has 1 atom stereocenters. The number of carbonyl (C=O) groups excluding carboxylic acids is 1. The second-order valence-electron chi connectivity index (χ2n) is 6.61. The van der Waals surface area contributed by atoms with Crippen molar-refractivity contribution in [2.75, 3.05) is 7.11 Å². The van der Waals surface area contributed by atoms with Crippen molar-refractivity contribution in [3.8, 4) is 5.75 Å². The molecule has 2 heterocycles. The van der Waals surface area contributed by atoms with Gasteiger partial charge in [0.05, 0.1) is 25.4 Å². The number of methoxy groups -OCH3 is 1. The number of benzene rings is 1. The topological polar surface area (TPSA) is 97.2 Å². The Labute approximate surface area is 162 Å². The van der Waals surface area contributed by atoms with Crippen molar-refractivity contribution in [1.82, 2.24) is 14.5 Å². The van der Waals surface area contributed by atoms with Gasteiger partial charge < -0.3 is 19.4 Å². The summed E-state index contributed by atoms with van der Waals surface area (Å²) >= 11 is 0. The van der Waals surface area contributed by atoms with Gasteiger partial charge in [0.1, 0.15) is 5.75 Å². The molecule has 0 radical (unpaired) electrons. The molecule has 3 aromatic rings. The van der Waals surface area contributed by atoms with Crippen molar-refractivity contribution < 1.29 is 14.6 Å². The number of ether oxygens (including phenoxy) is 1. The number of aromatic nitrogens is 3. The van der Waals surface area contributed by atoms with Crippen molar-refractivity contribution in [3.63, 3.8) is 0 Å². The fraction of sp³-hybridized carbons (Fsp3) is 0.286. The highest BCUT2D eigenvalue weighted by atomic mass is 16.5. The molecule has 0 unspecified atom stereocenters. The molecular formula is C21H23N3O4. The number of esters is 1. The Morgan fingerprint density at radius 1 is 1.32 bits per heavy atom. The summed E-state index contributed by atoms with van der Waals surface area (Å²) in [7, 11) is 1.31. The Morgan fingerprint density at radius 2 is 2.07 bits per heavy atom. The first kappa shape index (κ1) is 19.4. The van der Waals surface area contributed by atoms with Crippen LogP contribution in [-0.2, 0) is 22.5 Å². The summed E-state index contributed by atoms with van der Waals surface area (Å²) in [5.74, 6) is -1.16. The normalized spacial score (nSPS) is 11.9. The molecule has 3 rings (SSSR count). The number of pyridine rings is 1. The fourth-order valence-electron chi connectivity index (χ4n) is 3.35. The average molecular weight is 381 g/mol. The van der Waals surface area contributed by atoms with Gasteiger partial charge in [-0.2, -0.15) is 0 Å². The SMILES string of the molecule is COC(=O)C[C@@H](c1ccccc1)c1c(O)cc(C)n(CCc2cnc[nH]2)c1=O. The predicted molar refractivity (Wildman–Crippen MR) is 104 cm³/mol. The summed E-state index contributed by atoms with van der Waals surface area (Å²) in [6.07, 6.45) is 3.87. The van der Waals surface area contributed by atoms with Crippen molar-refractivity contribution >= 4 is 5.97 Å². The first-order chi connectivity index (χ1) is 13.5. The Kier molecular flexibility index (Phi) is 5.93. The maximum Gasteiger partial charge on any atom is 0.306 e. The number of imidazole rings is 1. The maximum absolute atomic E-state index is 13.3. The van der Waals surface area contributed by atoms with E-state index >= 15 is 0 Å². The third-order valence-electron chi connectivity index (χ3n) is 4.83. The Hall–Kier alpha value is -3.35. The molecule has 146 valence electrons. The van der Waals surface area contributed by atoms with Crippen LogP contribution in [-0.4, -0.2) is 32.7 Å². The number of aryl methyl sites for hydroxylation is 2. The average Bonchev–Trinajstić information content (AvgIpc) is 3.20. The van der Waals surface area contributed by atoms with Crippen molar-refractivity contribution in [1.29, 1.82) is 0 Å². The maximum atomic E-state index is 13.3. The van der Waals surface area contributed by atoms with E-state index in [0.717, 1.165) is 11.3 Å². The third kappa shape index (κ3) is 4.14. The van der Waals surface area contributed by atoms with E-state index in [0.29, 0.717) is 18.7 Å². The largest absolute Gasteiger partial charge is 0.507 e. The Balaban J connectivity index is 2.05. The van der Waals surface area contributed by atoms with Crippen LogP contribution in [0.4, 0.5) is 0 Å². The highest BCUT2D eigenvalue weighted by Gasteiger charge is 2.26. The molecule has 0 aliphatic rings. The lowest BCUT2D eigenvalue weighted by atomic mass is 9.88. The molecule has 7 nitrogen and oxygen atoms in total. The third-order valence-corrected chi connectivity index (χ3v) is 4.83. The van der Waals surface area contributed by atoms with Crippen molar-refractivity contribution in [2.45, 2.75) is 32.2 Å². The van der Waals surface area contributed by atoms with E-state index < -0.39 is 11.9 Å². The molecule has 2 aromatic heterocycles.